The first kappa shape index (κ1) is 11.6. The molecule has 1 aliphatic carbocycles. The SMILES string of the molecule is CS(=O)(=O)c1cnn(CC2CCC(N)C2)c1. The second kappa shape index (κ2) is 4.18. The zero-order valence-corrected chi connectivity index (χ0v) is 10.2. The molecule has 1 aromatic heterocycles. The average Bonchev–Trinajstić information content (AvgIpc) is 2.74. The lowest BCUT2D eigenvalue weighted by molar-refractivity contribution is 0.423. The molecule has 5 nitrogen and oxygen atoms in total. The first-order chi connectivity index (χ1) is 7.45. The number of sulfone groups is 1. The predicted octanol–water partition coefficient (Wildman–Crippen LogP) is 0.414. The highest BCUT2D eigenvalue weighted by atomic mass is 32.2. The van der Waals surface area contributed by atoms with Gasteiger partial charge in [-0.05, 0) is 25.2 Å². The Morgan fingerprint density at radius 3 is 2.81 bits per heavy atom. The zero-order valence-electron chi connectivity index (χ0n) is 9.33. The highest BCUT2D eigenvalue weighted by Gasteiger charge is 2.22. The van der Waals surface area contributed by atoms with Crippen LogP contribution in [0.25, 0.3) is 0 Å². The molecule has 0 radical (unpaired) electrons. The minimum Gasteiger partial charge on any atom is -0.328 e. The van der Waals surface area contributed by atoms with Crippen molar-refractivity contribution in [1.82, 2.24) is 9.78 Å². The van der Waals surface area contributed by atoms with Crippen molar-refractivity contribution in [3.8, 4) is 0 Å². The molecule has 1 heterocycles. The molecule has 1 aliphatic rings. The van der Waals surface area contributed by atoms with Crippen LogP contribution in [0.15, 0.2) is 17.3 Å². The van der Waals surface area contributed by atoms with Crippen LogP contribution < -0.4 is 5.73 Å². The molecular formula is C10H17N3O2S. The van der Waals surface area contributed by atoms with Crippen LogP contribution >= 0.6 is 0 Å². The lowest BCUT2D eigenvalue weighted by atomic mass is 10.1. The summed E-state index contributed by atoms with van der Waals surface area (Å²) in [6, 6.07) is 0.301. The molecule has 0 spiro atoms. The quantitative estimate of drug-likeness (QED) is 0.834. The molecule has 1 fully saturated rings. The molecule has 2 rings (SSSR count). The Bertz CT molecular complexity index is 466. The van der Waals surface area contributed by atoms with Crippen LogP contribution in [0.4, 0.5) is 0 Å². The molecule has 2 unspecified atom stereocenters. The number of aromatic nitrogens is 2. The number of nitrogens with zero attached hydrogens (tertiary/aromatic N) is 2. The van der Waals surface area contributed by atoms with E-state index in [9.17, 15) is 8.42 Å². The number of hydrogen-bond donors (Lipinski definition) is 1. The summed E-state index contributed by atoms with van der Waals surface area (Å²) < 4.78 is 24.2. The van der Waals surface area contributed by atoms with Crippen LogP contribution in [-0.2, 0) is 16.4 Å². The van der Waals surface area contributed by atoms with Gasteiger partial charge in [0.05, 0.1) is 6.20 Å². The lowest BCUT2D eigenvalue weighted by Gasteiger charge is -2.08. The first-order valence-corrected chi connectivity index (χ1v) is 7.32. The smallest absolute Gasteiger partial charge is 0.178 e. The zero-order chi connectivity index (χ0) is 11.8. The number of hydrogen-bond acceptors (Lipinski definition) is 4. The molecule has 0 aliphatic heterocycles. The maximum Gasteiger partial charge on any atom is 0.178 e. The molecule has 0 saturated heterocycles. The molecule has 1 aromatic rings. The lowest BCUT2D eigenvalue weighted by Crippen LogP contribution is -2.16. The van der Waals surface area contributed by atoms with Crippen LogP contribution in [0, 0.1) is 5.92 Å². The maximum absolute atomic E-state index is 11.3. The van der Waals surface area contributed by atoms with Gasteiger partial charge < -0.3 is 5.73 Å². The van der Waals surface area contributed by atoms with Crippen LogP contribution in [0.3, 0.4) is 0 Å². The van der Waals surface area contributed by atoms with Gasteiger partial charge in [0, 0.05) is 25.0 Å². The van der Waals surface area contributed by atoms with Crippen LogP contribution in [0.5, 0.6) is 0 Å². The Balaban J connectivity index is 2.03. The summed E-state index contributed by atoms with van der Waals surface area (Å²) in [6.45, 7) is 0.767. The highest BCUT2D eigenvalue weighted by molar-refractivity contribution is 7.90. The van der Waals surface area contributed by atoms with Gasteiger partial charge in [-0.1, -0.05) is 0 Å². The fourth-order valence-corrected chi connectivity index (χ4v) is 2.73. The van der Waals surface area contributed by atoms with Gasteiger partial charge in [0.2, 0.25) is 0 Å². The van der Waals surface area contributed by atoms with Gasteiger partial charge in [0.1, 0.15) is 4.90 Å². The largest absolute Gasteiger partial charge is 0.328 e. The fourth-order valence-electron chi connectivity index (χ4n) is 2.18. The summed E-state index contributed by atoms with van der Waals surface area (Å²) >= 11 is 0. The molecular weight excluding hydrogens is 226 g/mol. The third kappa shape index (κ3) is 2.62. The van der Waals surface area contributed by atoms with E-state index < -0.39 is 9.84 Å². The van der Waals surface area contributed by atoms with Crippen LogP contribution in [0.2, 0.25) is 0 Å². The molecule has 90 valence electrons. The highest BCUT2D eigenvalue weighted by Crippen LogP contribution is 2.25. The van der Waals surface area contributed by atoms with Gasteiger partial charge in [0.15, 0.2) is 9.84 Å². The molecule has 2 atom stereocenters. The molecule has 2 N–H and O–H groups in total. The van der Waals surface area contributed by atoms with Gasteiger partial charge in [-0.15, -0.1) is 0 Å². The van der Waals surface area contributed by atoms with E-state index in [4.69, 9.17) is 5.73 Å². The van der Waals surface area contributed by atoms with Crippen LogP contribution in [-0.4, -0.2) is 30.5 Å². The summed E-state index contributed by atoms with van der Waals surface area (Å²) in [5.74, 6) is 0.530. The van der Waals surface area contributed by atoms with Crippen molar-refractivity contribution < 1.29 is 8.42 Å². The van der Waals surface area contributed by atoms with Gasteiger partial charge in [-0.3, -0.25) is 4.68 Å². The van der Waals surface area contributed by atoms with E-state index in [0.29, 0.717) is 12.0 Å². The van der Waals surface area contributed by atoms with Gasteiger partial charge >= 0.3 is 0 Å². The van der Waals surface area contributed by atoms with E-state index >= 15 is 0 Å². The third-order valence-corrected chi connectivity index (χ3v) is 4.13. The first-order valence-electron chi connectivity index (χ1n) is 5.43. The molecule has 6 heteroatoms. The Morgan fingerprint density at radius 1 is 1.56 bits per heavy atom. The van der Waals surface area contributed by atoms with Crippen molar-refractivity contribution in [2.24, 2.45) is 11.7 Å². The molecule has 0 bridgehead atoms. The molecule has 1 saturated carbocycles. The second-order valence-corrected chi connectivity index (χ2v) is 6.63. The summed E-state index contributed by atoms with van der Waals surface area (Å²) in [5, 5.41) is 4.07. The van der Waals surface area contributed by atoms with E-state index in [-0.39, 0.29) is 4.90 Å². The summed E-state index contributed by atoms with van der Waals surface area (Å²) in [7, 11) is -3.13. The van der Waals surface area contributed by atoms with Gasteiger partial charge in [0.25, 0.3) is 0 Å². The Labute approximate surface area is 95.6 Å². The van der Waals surface area contributed by atoms with E-state index in [1.54, 1.807) is 10.9 Å². The van der Waals surface area contributed by atoms with E-state index in [1.807, 2.05) is 0 Å². The van der Waals surface area contributed by atoms with E-state index in [0.717, 1.165) is 25.8 Å². The van der Waals surface area contributed by atoms with E-state index in [2.05, 4.69) is 5.10 Å². The van der Waals surface area contributed by atoms with Crippen LogP contribution in [0.1, 0.15) is 19.3 Å². The maximum atomic E-state index is 11.3. The molecule has 0 amide bonds. The minimum atomic E-state index is -3.13. The van der Waals surface area contributed by atoms with Crippen molar-refractivity contribution >= 4 is 9.84 Å². The Hall–Kier alpha value is -0.880. The number of rotatable bonds is 3. The van der Waals surface area contributed by atoms with Gasteiger partial charge in [-0.25, -0.2) is 8.42 Å². The van der Waals surface area contributed by atoms with Crippen molar-refractivity contribution in [3.05, 3.63) is 12.4 Å². The predicted molar refractivity (Wildman–Crippen MR) is 60.7 cm³/mol. The third-order valence-electron chi connectivity index (χ3n) is 3.06. The molecule has 0 aromatic carbocycles. The second-order valence-electron chi connectivity index (χ2n) is 4.61. The normalized spacial score (nSPS) is 26.1. The minimum absolute atomic E-state index is 0.287. The van der Waals surface area contributed by atoms with Crippen molar-refractivity contribution in [2.45, 2.75) is 36.7 Å². The fraction of sp³-hybridized carbons (Fsp3) is 0.700. The topological polar surface area (TPSA) is 78.0 Å². The Kier molecular flexibility index (Phi) is 3.03. The summed E-state index contributed by atoms with van der Waals surface area (Å²) in [5.41, 5.74) is 5.83. The number of nitrogens with two attached hydrogens (primary N) is 1. The average molecular weight is 243 g/mol. The van der Waals surface area contributed by atoms with E-state index in [1.165, 1.54) is 12.5 Å². The van der Waals surface area contributed by atoms with Crippen molar-refractivity contribution in [3.63, 3.8) is 0 Å². The summed E-state index contributed by atoms with van der Waals surface area (Å²) in [4.78, 5) is 0.287. The van der Waals surface area contributed by atoms with Crippen molar-refractivity contribution in [1.29, 1.82) is 0 Å². The monoisotopic (exact) mass is 243 g/mol. The Morgan fingerprint density at radius 2 is 2.31 bits per heavy atom. The van der Waals surface area contributed by atoms with Crippen molar-refractivity contribution in [2.75, 3.05) is 6.26 Å². The molecule has 16 heavy (non-hydrogen) atoms. The van der Waals surface area contributed by atoms with Gasteiger partial charge in [-0.2, -0.15) is 5.10 Å². The summed E-state index contributed by atoms with van der Waals surface area (Å²) in [6.07, 6.45) is 7.37. The standard InChI is InChI=1S/C10H17N3O2S/c1-16(14,15)10-5-12-13(7-10)6-8-2-3-9(11)4-8/h5,7-9H,2-4,6,11H2,1H3.